The van der Waals surface area contributed by atoms with E-state index in [9.17, 15) is 0 Å². The lowest BCUT2D eigenvalue weighted by Gasteiger charge is -1.88. The smallest absolute Gasteiger partial charge is 0.0994 e. The van der Waals surface area contributed by atoms with Crippen LogP contribution in [-0.2, 0) is 4.74 Å². The molecule has 1 aromatic rings. The minimum Gasteiger partial charge on any atom is -0.369 e. The van der Waals surface area contributed by atoms with Gasteiger partial charge in [0.2, 0.25) is 0 Å². The van der Waals surface area contributed by atoms with Crippen molar-refractivity contribution in [1.29, 1.82) is 0 Å². The average molecular weight is 146 g/mol. The molecule has 1 atom stereocenters. The predicted octanol–water partition coefficient (Wildman–Crippen LogP) is 2.10. The molecule has 1 heteroatoms. The number of rotatable bonds is 2. The molecule has 1 aliphatic heterocycles. The molecule has 0 bridgehead atoms. The highest BCUT2D eigenvalue weighted by Gasteiger charge is 2.17. The second-order valence-corrected chi connectivity index (χ2v) is 2.64. The second kappa shape index (κ2) is 2.89. The first-order valence-electron chi connectivity index (χ1n) is 3.80. The van der Waals surface area contributed by atoms with Crippen LogP contribution in [0.25, 0.3) is 6.08 Å². The molecular formula is C10H10O. The maximum absolute atomic E-state index is 5.04. The summed E-state index contributed by atoms with van der Waals surface area (Å²) in [6.07, 6.45) is 4.57. The third-order valence-corrected chi connectivity index (χ3v) is 1.66. The van der Waals surface area contributed by atoms with Crippen molar-refractivity contribution in [2.75, 3.05) is 6.61 Å². The van der Waals surface area contributed by atoms with Crippen molar-refractivity contribution < 1.29 is 4.74 Å². The molecule has 0 aliphatic carbocycles. The lowest BCUT2D eigenvalue weighted by atomic mass is 10.2. The fourth-order valence-electron chi connectivity index (χ4n) is 0.949. The molecule has 2 rings (SSSR count). The highest BCUT2D eigenvalue weighted by atomic mass is 16.6. The van der Waals surface area contributed by atoms with Gasteiger partial charge in [-0.3, -0.25) is 0 Å². The average Bonchev–Trinajstić information content (AvgIpc) is 2.86. The molecule has 0 aromatic heterocycles. The second-order valence-electron chi connectivity index (χ2n) is 2.64. The molecule has 1 heterocycles. The molecule has 56 valence electrons. The van der Waals surface area contributed by atoms with Gasteiger partial charge in [-0.25, -0.2) is 0 Å². The van der Waals surface area contributed by atoms with Crippen molar-refractivity contribution in [2.24, 2.45) is 0 Å². The molecule has 0 saturated carbocycles. The predicted molar refractivity (Wildman–Crippen MR) is 45.2 cm³/mol. The van der Waals surface area contributed by atoms with Crippen LogP contribution in [0.15, 0.2) is 36.4 Å². The van der Waals surface area contributed by atoms with Crippen molar-refractivity contribution >= 4 is 6.08 Å². The zero-order chi connectivity index (χ0) is 7.52. The van der Waals surface area contributed by atoms with E-state index < -0.39 is 0 Å². The zero-order valence-electron chi connectivity index (χ0n) is 6.23. The van der Waals surface area contributed by atoms with E-state index in [0.29, 0.717) is 6.10 Å². The molecule has 1 fully saturated rings. The van der Waals surface area contributed by atoms with Gasteiger partial charge in [0.1, 0.15) is 0 Å². The van der Waals surface area contributed by atoms with Crippen molar-refractivity contribution in [3.63, 3.8) is 0 Å². The first kappa shape index (κ1) is 6.62. The van der Waals surface area contributed by atoms with E-state index in [1.807, 2.05) is 18.2 Å². The Morgan fingerprint density at radius 3 is 2.64 bits per heavy atom. The van der Waals surface area contributed by atoms with Gasteiger partial charge in [-0.1, -0.05) is 42.5 Å². The Bertz CT molecular complexity index is 247. The number of ether oxygens (including phenoxy) is 1. The third-order valence-electron chi connectivity index (χ3n) is 1.66. The monoisotopic (exact) mass is 146 g/mol. The quantitative estimate of drug-likeness (QED) is 0.582. The Hall–Kier alpha value is -1.08. The van der Waals surface area contributed by atoms with Gasteiger partial charge in [0, 0.05) is 0 Å². The van der Waals surface area contributed by atoms with Gasteiger partial charge in [-0.05, 0) is 5.56 Å². The largest absolute Gasteiger partial charge is 0.369 e. The van der Waals surface area contributed by atoms with Crippen molar-refractivity contribution in [2.45, 2.75) is 6.10 Å². The molecule has 1 aliphatic rings. The van der Waals surface area contributed by atoms with Crippen LogP contribution in [0.1, 0.15) is 5.56 Å². The number of hydrogen-bond acceptors (Lipinski definition) is 1. The fraction of sp³-hybridized carbons (Fsp3) is 0.200. The SMILES string of the molecule is C(=C\C1CO1)/c1ccccc1. The number of benzene rings is 1. The molecule has 0 amide bonds. The first-order chi connectivity index (χ1) is 5.45. The maximum atomic E-state index is 5.04. The topological polar surface area (TPSA) is 12.5 Å². The molecule has 0 spiro atoms. The minimum atomic E-state index is 0.384. The molecule has 0 N–H and O–H groups in total. The van der Waals surface area contributed by atoms with E-state index in [-0.39, 0.29) is 0 Å². The Morgan fingerprint density at radius 1 is 1.27 bits per heavy atom. The van der Waals surface area contributed by atoms with Gasteiger partial charge in [0.15, 0.2) is 0 Å². The molecule has 1 nitrogen and oxygen atoms in total. The summed E-state index contributed by atoms with van der Waals surface area (Å²) in [6.45, 7) is 0.892. The van der Waals surface area contributed by atoms with Gasteiger partial charge in [0.25, 0.3) is 0 Å². The van der Waals surface area contributed by atoms with E-state index in [1.165, 1.54) is 5.56 Å². The molecule has 11 heavy (non-hydrogen) atoms. The zero-order valence-corrected chi connectivity index (χ0v) is 6.23. The summed E-state index contributed by atoms with van der Waals surface area (Å²) in [5.74, 6) is 0. The summed E-state index contributed by atoms with van der Waals surface area (Å²) < 4.78 is 5.04. The summed E-state index contributed by atoms with van der Waals surface area (Å²) in [6, 6.07) is 10.3. The summed E-state index contributed by atoms with van der Waals surface area (Å²) in [5, 5.41) is 0. The van der Waals surface area contributed by atoms with Gasteiger partial charge >= 0.3 is 0 Å². The Morgan fingerprint density at radius 2 is 2.00 bits per heavy atom. The summed E-state index contributed by atoms with van der Waals surface area (Å²) >= 11 is 0. The minimum absolute atomic E-state index is 0.384. The van der Waals surface area contributed by atoms with Crippen LogP contribution in [-0.4, -0.2) is 12.7 Å². The van der Waals surface area contributed by atoms with E-state index in [1.54, 1.807) is 0 Å². The van der Waals surface area contributed by atoms with Gasteiger partial charge in [-0.15, -0.1) is 0 Å². The van der Waals surface area contributed by atoms with E-state index in [0.717, 1.165) is 6.61 Å². The van der Waals surface area contributed by atoms with E-state index in [4.69, 9.17) is 4.74 Å². The number of hydrogen-bond donors (Lipinski definition) is 0. The van der Waals surface area contributed by atoms with Crippen molar-refractivity contribution in [3.8, 4) is 0 Å². The number of epoxide rings is 1. The van der Waals surface area contributed by atoms with Crippen LogP contribution in [0.2, 0.25) is 0 Å². The van der Waals surface area contributed by atoms with Crippen LogP contribution in [0, 0.1) is 0 Å². The molecule has 0 radical (unpaired) electrons. The van der Waals surface area contributed by atoms with Gasteiger partial charge < -0.3 is 4.74 Å². The van der Waals surface area contributed by atoms with E-state index >= 15 is 0 Å². The van der Waals surface area contributed by atoms with Crippen LogP contribution >= 0.6 is 0 Å². The van der Waals surface area contributed by atoms with Gasteiger partial charge in [0.05, 0.1) is 12.7 Å². The highest BCUT2D eigenvalue weighted by molar-refractivity contribution is 5.49. The van der Waals surface area contributed by atoms with Crippen LogP contribution in [0.3, 0.4) is 0 Å². The summed E-state index contributed by atoms with van der Waals surface area (Å²) in [7, 11) is 0. The lowest BCUT2D eigenvalue weighted by Crippen LogP contribution is -1.74. The highest BCUT2D eigenvalue weighted by Crippen LogP contribution is 2.12. The first-order valence-corrected chi connectivity index (χ1v) is 3.80. The molecule has 1 saturated heterocycles. The van der Waals surface area contributed by atoms with E-state index in [2.05, 4.69) is 24.3 Å². The third kappa shape index (κ3) is 1.92. The summed E-state index contributed by atoms with van der Waals surface area (Å²) in [5.41, 5.74) is 1.24. The van der Waals surface area contributed by atoms with Gasteiger partial charge in [-0.2, -0.15) is 0 Å². The maximum Gasteiger partial charge on any atom is 0.0994 e. The standard InChI is InChI=1S/C10H10O/c1-2-4-9(5-3-1)6-7-10-8-11-10/h1-7,10H,8H2/b7-6+. The Labute approximate surface area is 66.3 Å². The molecule has 1 unspecified atom stereocenters. The van der Waals surface area contributed by atoms with Crippen molar-refractivity contribution in [1.82, 2.24) is 0 Å². The van der Waals surface area contributed by atoms with Crippen LogP contribution in [0.5, 0.6) is 0 Å². The van der Waals surface area contributed by atoms with Crippen molar-refractivity contribution in [3.05, 3.63) is 42.0 Å². The van der Waals surface area contributed by atoms with Crippen LogP contribution in [0.4, 0.5) is 0 Å². The molecule has 1 aromatic carbocycles. The van der Waals surface area contributed by atoms with Crippen LogP contribution < -0.4 is 0 Å². The Kier molecular flexibility index (Phi) is 1.74. The lowest BCUT2D eigenvalue weighted by molar-refractivity contribution is 0.440. The normalized spacial score (nSPS) is 22.4. The Balaban J connectivity index is 2.05. The summed E-state index contributed by atoms with van der Waals surface area (Å²) in [4.78, 5) is 0. The fourth-order valence-corrected chi connectivity index (χ4v) is 0.949. The molecular weight excluding hydrogens is 136 g/mol.